The van der Waals surface area contributed by atoms with E-state index in [1.165, 1.54) is 0 Å². The molecule has 0 amide bonds. The molecule has 0 radical (unpaired) electrons. The van der Waals surface area contributed by atoms with E-state index in [0.717, 1.165) is 32.5 Å². The van der Waals surface area contributed by atoms with Crippen molar-refractivity contribution in [3.8, 4) is 0 Å². The molecule has 1 saturated heterocycles. The summed E-state index contributed by atoms with van der Waals surface area (Å²) < 4.78 is 0. The van der Waals surface area contributed by atoms with E-state index in [1.807, 2.05) is 0 Å². The van der Waals surface area contributed by atoms with Gasteiger partial charge in [-0.1, -0.05) is 12.1 Å². The van der Waals surface area contributed by atoms with Gasteiger partial charge in [-0.2, -0.15) is 5.21 Å². The van der Waals surface area contributed by atoms with Crippen LogP contribution in [0.15, 0.2) is 0 Å². The highest BCUT2D eigenvalue weighted by atomic mass is 15.5. The average Bonchev–Trinajstić information content (AvgIpc) is 2.75. The molecule has 0 saturated carbocycles. The number of H-pyrrole nitrogens is 1. The Labute approximate surface area is 82.9 Å². The van der Waals surface area contributed by atoms with Crippen molar-refractivity contribution in [1.82, 2.24) is 25.5 Å². The van der Waals surface area contributed by atoms with Crippen LogP contribution in [0.4, 0.5) is 0 Å². The van der Waals surface area contributed by atoms with E-state index in [0.29, 0.717) is 5.82 Å². The van der Waals surface area contributed by atoms with Gasteiger partial charge in [0, 0.05) is 13.1 Å². The molecule has 1 atom stereocenters. The van der Waals surface area contributed by atoms with Crippen molar-refractivity contribution < 1.29 is 0 Å². The topological polar surface area (TPSA) is 83.7 Å². The van der Waals surface area contributed by atoms with Crippen LogP contribution in [0.5, 0.6) is 0 Å². The Balaban J connectivity index is 2.06. The first-order valence-electron chi connectivity index (χ1n) is 5.00. The van der Waals surface area contributed by atoms with E-state index in [1.54, 1.807) is 0 Å². The van der Waals surface area contributed by atoms with Gasteiger partial charge in [0.25, 0.3) is 0 Å². The number of tetrazole rings is 1. The third-order valence-electron chi connectivity index (χ3n) is 2.71. The zero-order valence-electron chi connectivity index (χ0n) is 8.40. The lowest BCUT2D eigenvalue weighted by Gasteiger charge is -2.20. The molecular weight excluding hydrogens is 180 g/mol. The van der Waals surface area contributed by atoms with Crippen molar-refractivity contribution in [3.63, 3.8) is 0 Å². The van der Waals surface area contributed by atoms with Gasteiger partial charge in [0.1, 0.15) is 0 Å². The molecule has 3 N–H and O–H groups in total. The fraction of sp³-hybridized carbons (Fsp3) is 0.875. The SMILES string of the molecule is CCCN1CCC(N)(c2nn[nH]n2)C1. The molecule has 1 unspecified atom stereocenters. The molecule has 1 aliphatic rings. The summed E-state index contributed by atoms with van der Waals surface area (Å²) in [5, 5.41) is 13.9. The Morgan fingerprint density at radius 1 is 1.64 bits per heavy atom. The molecule has 0 spiro atoms. The molecule has 78 valence electrons. The van der Waals surface area contributed by atoms with Gasteiger partial charge < -0.3 is 10.6 Å². The molecule has 1 aliphatic heterocycles. The van der Waals surface area contributed by atoms with Crippen LogP contribution in [0.25, 0.3) is 0 Å². The summed E-state index contributed by atoms with van der Waals surface area (Å²) in [6.45, 7) is 5.13. The second kappa shape index (κ2) is 3.62. The van der Waals surface area contributed by atoms with Crippen LogP contribution in [0.3, 0.4) is 0 Å². The Morgan fingerprint density at radius 2 is 2.50 bits per heavy atom. The maximum absolute atomic E-state index is 6.22. The predicted octanol–water partition coefficient (Wildman–Crippen LogP) is -0.531. The second-order valence-corrected chi connectivity index (χ2v) is 3.92. The molecule has 0 bridgehead atoms. The second-order valence-electron chi connectivity index (χ2n) is 3.92. The molecule has 6 nitrogen and oxygen atoms in total. The van der Waals surface area contributed by atoms with Crippen molar-refractivity contribution >= 4 is 0 Å². The number of nitrogens with zero attached hydrogens (tertiary/aromatic N) is 4. The lowest BCUT2D eigenvalue weighted by atomic mass is 10.00. The van der Waals surface area contributed by atoms with E-state index < -0.39 is 5.54 Å². The summed E-state index contributed by atoms with van der Waals surface area (Å²) in [7, 11) is 0. The van der Waals surface area contributed by atoms with Crippen LogP contribution in [0, 0.1) is 0 Å². The first-order chi connectivity index (χ1) is 6.74. The standard InChI is InChI=1S/C8H16N6/c1-2-4-14-5-3-8(9,6-14)7-10-12-13-11-7/h2-6,9H2,1H3,(H,10,11,12,13). The quantitative estimate of drug-likeness (QED) is 0.679. The molecule has 6 heteroatoms. The Morgan fingerprint density at radius 3 is 3.14 bits per heavy atom. The predicted molar refractivity (Wildman–Crippen MR) is 51.4 cm³/mol. The van der Waals surface area contributed by atoms with E-state index in [2.05, 4.69) is 32.4 Å². The first-order valence-corrected chi connectivity index (χ1v) is 5.00. The number of aromatic amines is 1. The van der Waals surface area contributed by atoms with Gasteiger partial charge in [-0.05, 0) is 19.4 Å². The van der Waals surface area contributed by atoms with Gasteiger partial charge in [-0.15, -0.1) is 10.2 Å². The van der Waals surface area contributed by atoms with Crippen LogP contribution in [0.1, 0.15) is 25.6 Å². The molecular formula is C8H16N6. The van der Waals surface area contributed by atoms with Crippen molar-refractivity contribution in [3.05, 3.63) is 5.82 Å². The van der Waals surface area contributed by atoms with Gasteiger partial charge in [-0.25, -0.2) is 0 Å². The van der Waals surface area contributed by atoms with Crippen molar-refractivity contribution in [2.75, 3.05) is 19.6 Å². The summed E-state index contributed by atoms with van der Waals surface area (Å²) in [5.74, 6) is 0.635. The van der Waals surface area contributed by atoms with E-state index in [4.69, 9.17) is 5.73 Å². The van der Waals surface area contributed by atoms with Crippen LogP contribution in [-0.2, 0) is 5.54 Å². The Hall–Kier alpha value is -1.01. The monoisotopic (exact) mass is 196 g/mol. The van der Waals surface area contributed by atoms with Gasteiger partial charge in [0.2, 0.25) is 0 Å². The molecule has 14 heavy (non-hydrogen) atoms. The minimum atomic E-state index is -0.401. The number of rotatable bonds is 3. The van der Waals surface area contributed by atoms with Crippen LogP contribution < -0.4 is 5.73 Å². The number of hydrogen-bond donors (Lipinski definition) is 2. The number of nitrogens with one attached hydrogen (secondary N) is 1. The van der Waals surface area contributed by atoms with E-state index in [-0.39, 0.29) is 0 Å². The van der Waals surface area contributed by atoms with Gasteiger partial charge >= 0.3 is 0 Å². The zero-order valence-corrected chi connectivity index (χ0v) is 8.40. The summed E-state index contributed by atoms with van der Waals surface area (Å²) in [6.07, 6.45) is 2.06. The summed E-state index contributed by atoms with van der Waals surface area (Å²) in [4.78, 5) is 2.34. The van der Waals surface area contributed by atoms with Crippen LogP contribution >= 0.6 is 0 Å². The lowest BCUT2D eigenvalue weighted by molar-refractivity contribution is 0.308. The third kappa shape index (κ3) is 1.62. The van der Waals surface area contributed by atoms with Crippen LogP contribution in [0.2, 0.25) is 0 Å². The highest BCUT2D eigenvalue weighted by molar-refractivity contribution is 5.06. The molecule has 2 rings (SSSR count). The van der Waals surface area contributed by atoms with Crippen LogP contribution in [-0.4, -0.2) is 45.2 Å². The molecule has 1 fully saturated rings. The number of likely N-dealkylation sites (tertiary alicyclic amines) is 1. The molecule has 2 heterocycles. The summed E-state index contributed by atoms with van der Waals surface area (Å²) >= 11 is 0. The van der Waals surface area contributed by atoms with Crippen molar-refractivity contribution in [2.45, 2.75) is 25.3 Å². The highest BCUT2D eigenvalue weighted by Crippen LogP contribution is 2.26. The molecule has 1 aromatic rings. The molecule has 1 aromatic heterocycles. The minimum absolute atomic E-state index is 0.401. The summed E-state index contributed by atoms with van der Waals surface area (Å²) in [6, 6.07) is 0. The smallest absolute Gasteiger partial charge is 0.195 e. The van der Waals surface area contributed by atoms with Gasteiger partial charge in [-0.3, -0.25) is 0 Å². The fourth-order valence-electron chi connectivity index (χ4n) is 1.98. The maximum Gasteiger partial charge on any atom is 0.195 e. The summed E-state index contributed by atoms with van der Waals surface area (Å²) in [5.41, 5.74) is 5.82. The highest BCUT2D eigenvalue weighted by Gasteiger charge is 2.38. The van der Waals surface area contributed by atoms with E-state index in [9.17, 15) is 0 Å². The average molecular weight is 196 g/mol. The van der Waals surface area contributed by atoms with Gasteiger partial charge in [0.15, 0.2) is 5.82 Å². The number of nitrogens with two attached hydrogens (primary N) is 1. The fourth-order valence-corrected chi connectivity index (χ4v) is 1.98. The largest absolute Gasteiger partial charge is 0.318 e. The van der Waals surface area contributed by atoms with E-state index >= 15 is 0 Å². The number of hydrogen-bond acceptors (Lipinski definition) is 5. The molecule has 0 aliphatic carbocycles. The Kier molecular flexibility index (Phi) is 2.47. The maximum atomic E-state index is 6.22. The molecule has 0 aromatic carbocycles. The Bertz CT molecular complexity index is 284. The normalized spacial score (nSPS) is 28.4. The van der Waals surface area contributed by atoms with Crippen molar-refractivity contribution in [1.29, 1.82) is 0 Å². The number of aromatic nitrogens is 4. The zero-order chi connectivity index (χ0) is 10.0. The third-order valence-corrected chi connectivity index (χ3v) is 2.71. The van der Waals surface area contributed by atoms with Crippen molar-refractivity contribution in [2.24, 2.45) is 5.73 Å². The minimum Gasteiger partial charge on any atom is -0.318 e. The lowest BCUT2D eigenvalue weighted by Crippen LogP contribution is -2.41. The van der Waals surface area contributed by atoms with Gasteiger partial charge in [0.05, 0.1) is 5.54 Å². The first kappa shape index (κ1) is 9.54.